The number of hydrogen-bond donors (Lipinski definition) is 1. The topological polar surface area (TPSA) is 12.0 Å². The van der Waals surface area contributed by atoms with Crippen LogP contribution >= 0.6 is 11.6 Å². The summed E-state index contributed by atoms with van der Waals surface area (Å²) in [7, 11) is 0. The molecule has 0 aliphatic heterocycles. The number of para-hydroxylation sites is 1. The van der Waals surface area contributed by atoms with Gasteiger partial charge >= 0.3 is 0 Å². The van der Waals surface area contributed by atoms with Crippen molar-refractivity contribution in [2.24, 2.45) is 0 Å². The molecule has 0 saturated carbocycles. The summed E-state index contributed by atoms with van der Waals surface area (Å²) in [5.74, 6) is 0.539. The average Bonchev–Trinajstić information content (AvgIpc) is 2.80. The molecule has 0 fully saturated rings. The van der Waals surface area contributed by atoms with Crippen molar-refractivity contribution in [3.8, 4) is 0 Å². The smallest absolute Gasteiger partial charge is 0.0408 e. The van der Waals surface area contributed by atoms with Crippen molar-refractivity contribution in [1.29, 1.82) is 0 Å². The Bertz CT molecular complexity index is 619. The second-order valence-electron chi connectivity index (χ2n) is 5.90. The molecule has 0 spiro atoms. The second kappa shape index (κ2) is 5.49. The van der Waals surface area contributed by atoms with E-state index in [0.717, 1.165) is 17.9 Å². The first-order valence-corrected chi connectivity index (χ1v) is 7.64. The molecule has 0 heterocycles. The maximum absolute atomic E-state index is 6.08. The Labute approximate surface area is 126 Å². The highest BCUT2D eigenvalue weighted by Gasteiger charge is 2.22. The molecule has 2 aromatic carbocycles. The molecule has 0 radical (unpaired) electrons. The summed E-state index contributed by atoms with van der Waals surface area (Å²) in [6.45, 7) is 4.48. The molecule has 1 unspecified atom stereocenters. The van der Waals surface area contributed by atoms with E-state index >= 15 is 0 Å². The van der Waals surface area contributed by atoms with Crippen molar-refractivity contribution < 1.29 is 0 Å². The van der Waals surface area contributed by atoms with E-state index in [1.54, 1.807) is 0 Å². The van der Waals surface area contributed by atoms with E-state index in [1.807, 2.05) is 6.07 Å². The van der Waals surface area contributed by atoms with Gasteiger partial charge < -0.3 is 5.32 Å². The highest BCUT2D eigenvalue weighted by molar-refractivity contribution is 6.30. The van der Waals surface area contributed by atoms with Gasteiger partial charge in [0.15, 0.2) is 0 Å². The molecule has 3 rings (SSSR count). The molecule has 0 bridgehead atoms. The molecule has 1 aliphatic carbocycles. The lowest BCUT2D eigenvalue weighted by molar-refractivity contribution is 0.766. The number of benzene rings is 2. The third-order valence-electron chi connectivity index (χ3n) is 4.04. The fourth-order valence-electron chi connectivity index (χ4n) is 3.04. The zero-order chi connectivity index (χ0) is 14.1. The maximum Gasteiger partial charge on any atom is 0.0408 e. The minimum absolute atomic E-state index is 0.475. The molecular weight excluding hydrogens is 266 g/mol. The number of fused-ring (bicyclic) bond motifs is 1. The molecule has 1 nitrogen and oxygen atoms in total. The van der Waals surface area contributed by atoms with E-state index in [9.17, 15) is 0 Å². The average molecular weight is 286 g/mol. The molecule has 1 N–H and O–H groups in total. The van der Waals surface area contributed by atoms with Gasteiger partial charge in [-0.15, -0.1) is 0 Å². The van der Waals surface area contributed by atoms with Gasteiger partial charge in [-0.25, -0.2) is 0 Å². The molecule has 0 aromatic heterocycles. The summed E-state index contributed by atoms with van der Waals surface area (Å²) in [5, 5.41) is 4.55. The van der Waals surface area contributed by atoms with Crippen LogP contribution in [0.5, 0.6) is 0 Å². The Morgan fingerprint density at radius 3 is 2.60 bits per heavy atom. The quantitative estimate of drug-likeness (QED) is 0.833. The summed E-state index contributed by atoms with van der Waals surface area (Å²) in [4.78, 5) is 0. The summed E-state index contributed by atoms with van der Waals surface area (Å²) in [6, 6.07) is 15.3. The molecule has 0 amide bonds. The van der Waals surface area contributed by atoms with Crippen LogP contribution in [0.25, 0.3) is 0 Å². The van der Waals surface area contributed by atoms with Crippen molar-refractivity contribution in [3.05, 3.63) is 64.2 Å². The fraction of sp³-hybridized carbons (Fsp3) is 0.333. The Kier molecular flexibility index (Phi) is 3.71. The van der Waals surface area contributed by atoms with E-state index in [4.69, 9.17) is 11.6 Å². The molecule has 104 valence electrons. The van der Waals surface area contributed by atoms with Gasteiger partial charge in [-0.2, -0.15) is 0 Å². The van der Waals surface area contributed by atoms with Crippen LogP contribution in [0.1, 0.15) is 36.5 Å². The molecule has 1 aliphatic rings. The van der Waals surface area contributed by atoms with Gasteiger partial charge in [0.25, 0.3) is 0 Å². The van der Waals surface area contributed by atoms with Gasteiger partial charge in [-0.1, -0.05) is 49.7 Å². The minimum atomic E-state index is 0.475. The van der Waals surface area contributed by atoms with Crippen molar-refractivity contribution in [2.45, 2.75) is 38.6 Å². The van der Waals surface area contributed by atoms with Gasteiger partial charge in [-0.3, -0.25) is 0 Å². The van der Waals surface area contributed by atoms with Gasteiger partial charge in [0.05, 0.1) is 0 Å². The van der Waals surface area contributed by atoms with Crippen LogP contribution in [-0.4, -0.2) is 6.04 Å². The van der Waals surface area contributed by atoms with Crippen LogP contribution in [0.15, 0.2) is 42.5 Å². The van der Waals surface area contributed by atoms with Crippen LogP contribution in [0.3, 0.4) is 0 Å². The van der Waals surface area contributed by atoms with E-state index in [1.165, 1.54) is 22.4 Å². The highest BCUT2D eigenvalue weighted by Crippen LogP contribution is 2.30. The van der Waals surface area contributed by atoms with Crippen LogP contribution in [0, 0.1) is 0 Å². The lowest BCUT2D eigenvalue weighted by Crippen LogP contribution is -2.20. The van der Waals surface area contributed by atoms with Crippen molar-refractivity contribution in [3.63, 3.8) is 0 Å². The summed E-state index contributed by atoms with van der Waals surface area (Å²) >= 11 is 6.08. The standard InChI is InChI=1S/C18H20ClN/c1-12(2)17-5-3-4-6-18(17)20-16-10-13-7-8-15(19)9-14(13)11-16/h3-9,12,16,20H,10-11H2,1-2H3. The third kappa shape index (κ3) is 2.69. The first-order valence-electron chi connectivity index (χ1n) is 7.26. The van der Waals surface area contributed by atoms with Gasteiger partial charge in [0.2, 0.25) is 0 Å². The monoisotopic (exact) mass is 285 g/mol. The van der Waals surface area contributed by atoms with Crippen molar-refractivity contribution in [2.75, 3.05) is 5.32 Å². The number of halogens is 1. The molecular formula is C18H20ClN. The molecule has 20 heavy (non-hydrogen) atoms. The Morgan fingerprint density at radius 2 is 1.80 bits per heavy atom. The largest absolute Gasteiger partial charge is 0.381 e. The minimum Gasteiger partial charge on any atom is -0.381 e. The Morgan fingerprint density at radius 1 is 1.05 bits per heavy atom. The van der Waals surface area contributed by atoms with Gasteiger partial charge in [0, 0.05) is 16.8 Å². The first kappa shape index (κ1) is 13.5. The van der Waals surface area contributed by atoms with Gasteiger partial charge in [0.1, 0.15) is 0 Å². The molecule has 2 aromatic rings. The van der Waals surface area contributed by atoms with E-state index in [0.29, 0.717) is 12.0 Å². The predicted octanol–water partition coefficient (Wildman–Crippen LogP) is 5.04. The SMILES string of the molecule is CC(C)c1ccccc1NC1Cc2ccc(Cl)cc2C1. The Hall–Kier alpha value is -1.47. The highest BCUT2D eigenvalue weighted by atomic mass is 35.5. The lowest BCUT2D eigenvalue weighted by Gasteiger charge is -2.19. The van der Waals surface area contributed by atoms with Gasteiger partial charge in [-0.05, 0) is 53.6 Å². The maximum atomic E-state index is 6.08. The molecule has 2 heteroatoms. The van der Waals surface area contributed by atoms with E-state index in [2.05, 4.69) is 55.6 Å². The van der Waals surface area contributed by atoms with E-state index < -0.39 is 0 Å². The third-order valence-corrected chi connectivity index (χ3v) is 4.28. The van der Waals surface area contributed by atoms with Crippen LogP contribution in [0.2, 0.25) is 5.02 Å². The summed E-state index contributed by atoms with van der Waals surface area (Å²) in [5.41, 5.74) is 5.47. The molecule has 1 atom stereocenters. The first-order chi connectivity index (χ1) is 9.63. The number of nitrogens with one attached hydrogen (secondary N) is 1. The van der Waals surface area contributed by atoms with Crippen molar-refractivity contribution >= 4 is 17.3 Å². The van der Waals surface area contributed by atoms with E-state index in [-0.39, 0.29) is 0 Å². The predicted molar refractivity (Wildman–Crippen MR) is 86.8 cm³/mol. The fourth-order valence-corrected chi connectivity index (χ4v) is 3.24. The zero-order valence-electron chi connectivity index (χ0n) is 12.0. The zero-order valence-corrected chi connectivity index (χ0v) is 12.7. The Balaban J connectivity index is 1.78. The second-order valence-corrected chi connectivity index (χ2v) is 6.34. The number of anilines is 1. The number of rotatable bonds is 3. The summed E-state index contributed by atoms with van der Waals surface area (Å²) in [6.07, 6.45) is 2.14. The lowest BCUT2D eigenvalue weighted by atomic mass is 10.0. The van der Waals surface area contributed by atoms with Crippen LogP contribution in [0.4, 0.5) is 5.69 Å². The summed E-state index contributed by atoms with van der Waals surface area (Å²) < 4.78 is 0. The van der Waals surface area contributed by atoms with Crippen LogP contribution in [-0.2, 0) is 12.8 Å². The van der Waals surface area contributed by atoms with Crippen LogP contribution < -0.4 is 5.32 Å². The van der Waals surface area contributed by atoms with Crippen molar-refractivity contribution in [1.82, 2.24) is 0 Å². The molecule has 0 saturated heterocycles. The normalized spacial score (nSPS) is 17.3. The number of hydrogen-bond acceptors (Lipinski definition) is 1.